The van der Waals surface area contributed by atoms with Crippen molar-refractivity contribution in [2.45, 2.75) is 57.5 Å². The molecule has 0 bridgehead atoms. The normalized spacial score (nSPS) is 24.5. The van der Waals surface area contributed by atoms with Crippen molar-refractivity contribution in [3.05, 3.63) is 71.8 Å². The van der Waals surface area contributed by atoms with Gasteiger partial charge in [-0.2, -0.15) is 0 Å². The second kappa shape index (κ2) is 8.31. The Balaban J connectivity index is 1.68. The molecule has 1 N–H and O–H groups in total. The lowest BCUT2D eigenvalue weighted by Gasteiger charge is -2.38. The Morgan fingerprint density at radius 3 is 2.30 bits per heavy atom. The van der Waals surface area contributed by atoms with E-state index in [9.17, 15) is 0 Å². The van der Waals surface area contributed by atoms with E-state index in [2.05, 4.69) is 72.9 Å². The fourth-order valence-corrected chi connectivity index (χ4v) is 3.91. The van der Waals surface area contributed by atoms with Crippen LogP contribution in [0.5, 0.6) is 0 Å². The first-order valence-corrected chi connectivity index (χ1v) is 9.21. The Morgan fingerprint density at radius 1 is 0.913 bits per heavy atom. The molecule has 3 rings (SSSR count). The van der Waals surface area contributed by atoms with Crippen molar-refractivity contribution in [3.8, 4) is 0 Å². The van der Waals surface area contributed by atoms with Crippen LogP contribution in [0.3, 0.4) is 0 Å². The van der Waals surface area contributed by atoms with Crippen molar-refractivity contribution < 1.29 is 0 Å². The molecule has 1 heteroatoms. The monoisotopic (exact) mass is 307 g/mol. The van der Waals surface area contributed by atoms with E-state index in [-0.39, 0.29) is 0 Å². The molecule has 1 heterocycles. The molecule has 1 aliphatic rings. The first kappa shape index (κ1) is 16.3. The van der Waals surface area contributed by atoms with Crippen LogP contribution >= 0.6 is 0 Å². The lowest BCUT2D eigenvalue weighted by molar-refractivity contribution is 0.216. The summed E-state index contributed by atoms with van der Waals surface area (Å²) in [5.41, 5.74) is 2.94. The molecule has 1 fully saturated rings. The first-order valence-electron chi connectivity index (χ1n) is 9.21. The molecular weight excluding hydrogens is 278 g/mol. The zero-order chi connectivity index (χ0) is 15.9. The number of hydrogen-bond donors (Lipinski definition) is 1. The van der Waals surface area contributed by atoms with Gasteiger partial charge in [0.25, 0.3) is 0 Å². The molecule has 1 nitrogen and oxygen atoms in total. The summed E-state index contributed by atoms with van der Waals surface area (Å²) in [4.78, 5) is 0. The molecule has 23 heavy (non-hydrogen) atoms. The minimum atomic E-state index is 0.532. The van der Waals surface area contributed by atoms with E-state index >= 15 is 0 Å². The Labute approximate surface area is 141 Å². The third-order valence-corrected chi connectivity index (χ3v) is 5.22. The minimum Gasteiger partial charge on any atom is -0.307 e. The van der Waals surface area contributed by atoms with Crippen molar-refractivity contribution in [3.63, 3.8) is 0 Å². The zero-order valence-corrected chi connectivity index (χ0v) is 14.2. The van der Waals surface area contributed by atoms with Crippen molar-refractivity contribution in [1.29, 1.82) is 0 Å². The third kappa shape index (κ3) is 4.45. The molecule has 0 amide bonds. The maximum atomic E-state index is 3.97. The van der Waals surface area contributed by atoms with Crippen LogP contribution in [0.1, 0.15) is 56.2 Å². The lowest BCUT2D eigenvalue weighted by atomic mass is 9.80. The lowest BCUT2D eigenvalue weighted by Crippen LogP contribution is -2.44. The molecule has 3 atom stereocenters. The quantitative estimate of drug-likeness (QED) is 0.740. The van der Waals surface area contributed by atoms with Gasteiger partial charge in [-0.15, -0.1) is 0 Å². The van der Waals surface area contributed by atoms with Crippen molar-refractivity contribution in [1.82, 2.24) is 5.32 Å². The topological polar surface area (TPSA) is 12.0 Å². The van der Waals surface area contributed by atoms with Gasteiger partial charge in [-0.05, 0) is 42.7 Å². The highest BCUT2D eigenvalue weighted by Crippen LogP contribution is 2.33. The van der Waals surface area contributed by atoms with Crippen LogP contribution in [0.2, 0.25) is 0 Å². The van der Waals surface area contributed by atoms with Crippen LogP contribution in [-0.2, 0) is 6.42 Å². The molecule has 1 aliphatic heterocycles. The van der Waals surface area contributed by atoms with E-state index in [4.69, 9.17) is 0 Å². The van der Waals surface area contributed by atoms with Gasteiger partial charge in [0.05, 0.1) is 0 Å². The fourth-order valence-electron chi connectivity index (χ4n) is 3.91. The van der Waals surface area contributed by atoms with E-state index in [1.807, 2.05) is 0 Å². The van der Waals surface area contributed by atoms with E-state index in [1.54, 1.807) is 0 Å². The molecule has 0 radical (unpaired) electrons. The standard InChI is InChI=1S/C22H29N/c1-2-3-14-21-20(17-18-10-6-4-7-11-18)15-16-22(23-21)19-12-8-5-9-13-19/h4-13,20-23H,2-3,14-17H2,1H3/t20-,21-,22-/m1/s1. The van der Waals surface area contributed by atoms with Gasteiger partial charge in [0.1, 0.15) is 0 Å². The summed E-state index contributed by atoms with van der Waals surface area (Å²) in [5.74, 6) is 0.768. The van der Waals surface area contributed by atoms with Gasteiger partial charge < -0.3 is 5.32 Å². The molecule has 122 valence electrons. The number of hydrogen-bond acceptors (Lipinski definition) is 1. The summed E-state index contributed by atoms with van der Waals surface area (Å²) in [6.45, 7) is 2.30. The Morgan fingerprint density at radius 2 is 1.61 bits per heavy atom. The van der Waals surface area contributed by atoms with E-state index < -0.39 is 0 Å². The third-order valence-electron chi connectivity index (χ3n) is 5.22. The van der Waals surface area contributed by atoms with Gasteiger partial charge >= 0.3 is 0 Å². The first-order chi connectivity index (χ1) is 11.4. The zero-order valence-electron chi connectivity index (χ0n) is 14.2. The summed E-state index contributed by atoms with van der Waals surface area (Å²) in [6.07, 6.45) is 7.71. The molecule has 1 saturated heterocycles. The maximum Gasteiger partial charge on any atom is 0.0322 e. The summed E-state index contributed by atoms with van der Waals surface area (Å²) >= 11 is 0. The van der Waals surface area contributed by atoms with Crippen LogP contribution < -0.4 is 5.32 Å². The van der Waals surface area contributed by atoms with Crippen LogP contribution in [0, 0.1) is 5.92 Å². The predicted octanol–water partition coefficient (Wildman–Crippen LogP) is 5.53. The highest BCUT2D eigenvalue weighted by molar-refractivity contribution is 5.21. The van der Waals surface area contributed by atoms with Gasteiger partial charge in [0.2, 0.25) is 0 Å². The molecule has 0 aromatic heterocycles. The van der Waals surface area contributed by atoms with E-state index in [0.717, 1.165) is 5.92 Å². The molecule has 0 aliphatic carbocycles. The average Bonchev–Trinajstić information content (AvgIpc) is 2.62. The van der Waals surface area contributed by atoms with Crippen LogP contribution in [0.15, 0.2) is 60.7 Å². The van der Waals surface area contributed by atoms with Gasteiger partial charge in [-0.25, -0.2) is 0 Å². The van der Waals surface area contributed by atoms with Crippen LogP contribution in [0.4, 0.5) is 0 Å². The fraction of sp³-hybridized carbons (Fsp3) is 0.455. The van der Waals surface area contributed by atoms with Crippen molar-refractivity contribution in [2.75, 3.05) is 0 Å². The van der Waals surface area contributed by atoms with E-state index in [1.165, 1.54) is 49.7 Å². The second-order valence-corrected chi connectivity index (χ2v) is 6.91. The number of nitrogens with one attached hydrogen (secondary N) is 1. The maximum absolute atomic E-state index is 3.97. The number of benzene rings is 2. The smallest absolute Gasteiger partial charge is 0.0322 e. The van der Waals surface area contributed by atoms with E-state index in [0.29, 0.717) is 12.1 Å². The second-order valence-electron chi connectivity index (χ2n) is 6.91. The van der Waals surface area contributed by atoms with Gasteiger partial charge in [0, 0.05) is 12.1 Å². The highest BCUT2D eigenvalue weighted by atomic mass is 15.0. The SMILES string of the molecule is CCCC[C@H]1N[C@@H](c2ccccc2)CC[C@@H]1Cc1ccccc1. The molecular formula is C22H29N. The number of unbranched alkanes of at least 4 members (excludes halogenated alkanes) is 1. The molecule has 0 unspecified atom stereocenters. The molecule has 0 saturated carbocycles. The predicted molar refractivity (Wildman–Crippen MR) is 98.5 cm³/mol. The van der Waals surface area contributed by atoms with Gasteiger partial charge in [-0.1, -0.05) is 80.4 Å². The summed E-state index contributed by atoms with van der Waals surface area (Å²) < 4.78 is 0. The molecule has 0 spiro atoms. The summed E-state index contributed by atoms with van der Waals surface area (Å²) in [6, 6.07) is 23.2. The van der Waals surface area contributed by atoms with Crippen molar-refractivity contribution in [2.24, 2.45) is 5.92 Å². The van der Waals surface area contributed by atoms with Gasteiger partial charge in [0.15, 0.2) is 0 Å². The number of rotatable bonds is 6. The van der Waals surface area contributed by atoms with Crippen LogP contribution in [-0.4, -0.2) is 6.04 Å². The Hall–Kier alpha value is -1.60. The minimum absolute atomic E-state index is 0.532. The summed E-state index contributed by atoms with van der Waals surface area (Å²) in [7, 11) is 0. The Kier molecular flexibility index (Phi) is 5.87. The van der Waals surface area contributed by atoms with Gasteiger partial charge in [-0.3, -0.25) is 0 Å². The molecule has 2 aromatic rings. The van der Waals surface area contributed by atoms with Crippen molar-refractivity contribution >= 4 is 0 Å². The largest absolute Gasteiger partial charge is 0.307 e. The number of piperidine rings is 1. The van der Waals surface area contributed by atoms with Crippen LogP contribution in [0.25, 0.3) is 0 Å². The highest BCUT2D eigenvalue weighted by Gasteiger charge is 2.30. The summed E-state index contributed by atoms with van der Waals surface area (Å²) in [5, 5.41) is 3.97. The molecule has 2 aromatic carbocycles. The Bertz CT molecular complexity index is 563. The average molecular weight is 307 g/mol.